The second kappa shape index (κ2) is 9.54. The normalized spacial score (nSPS) is 11.4. The van der Waals surface area contributed by atoms with E-state index in [0.29, 0.717) is 5.89 Å². The molecule has 0 unspecified atom stereocenters. The van der Waals surface area contributed by atoms with Crippen molar-refractivity contribution in [3.8, 4) is 17.1 Å². The first-order chi connectivity index (χ1) is 20.3. The summed E-state index contributed by atoms with van der Waals surface area (Å²) in [5.74, 6) is 0.624. The Hall–Kier alpha value is -5.61. The van der Waals surface area contributed by atoms with E-state index in [1.165, 1.54) is 21.8 Å². The molecule has 0 amide bonds. The Morgan fingerprint density at radius 3 is 1.95 bits per heavy atom. The van der Waals surface area contributed by atoms with Crippen molar-refractivity contribution in [3.05, 3.63) is 152 Å². The van der Waals surface area contributed by atoms with Crippen LogP contribution < -0.4 is 4.90 Å². The molecule has 194 valence electrons. The fraction of sp³-hybridized carbons (Fsp3) is 0. The van der Waals surface area contributed by atoms with Crippen molar-refractivity contribution >= 4 is 50.0 Å². The number of para-hydroxylation sites is 5. The Balaban J connectivity index is 1.27. The quantitative estimate of drug-likeness (QED) is 0.223. The Labute approximate surface area is 237 Å². The van der Waals surface area contributed by atoms with Gasteiger partial charge in [-0.25, -0.2) is 4.98 Å². The second-order valence-corrected chi connectivity index (χ2v) is 10.1. The van der Waals surface area contributed by atoms with Gasteiger partial charge in [0.05, 0.1) is 11.0 Å². The van der Waals surface area contributed by atoms with Crippen molar-refractivity contribution in [3.63, 3.8) is 0 Å². The molecule has 0 aliphatic carbocycles. The lowest BCUT2D eigenvalue weighted by Crippen LogP contribution is -2.09. The van der Waals surface area contributed by atoms with Crippen LogP contribution in [0.2, 0.25) is 0 Å². The summed E-state index contributed by atoms with van der Waals surface area (Å²) in [6.45, 7) is 0. The molecule has 0 N–H and O–H groups in total. The van der Waals surface area contributed by atoms with Crippen LogP contribution >= 0.6 is 0 Å². The number of aromatic nitrogens is 2. The lowest BCUT2D eigenvalue weighted by atomic mass is 10.1. The van der Waals surface area contributed by atoms with Crippen molar-refractivity contribution in [2.24, 2.45) is 0 Å². The van der Waals surface area contributed by atoms with Crippen molar-refractivity contribution < 1.29 is 4.42 Å². The largest absolute Gasteiger partial charge is 0.436 e. The standard InChI is InChI=1S/C37H25N3O/c1-3-11-27(12-4-1)39(29-21-19-26(20-22-29)37-38-33-16-8-10-18-36(33)41-37)30-23-24-35-32(25-30)31-15-7-9-17-34(31)40(35)28-13-5-2-6-14-28/h1-25H. The monoisotopic (exact) mass is 527 g/mol. The van der Waals surface area contributed by atoms with Gasteiger partial charge in [0, 0.05) is 39.1 Å². The van der Waals surface area contributed by atoms with Gasteiger partial charge in [0.2, 0.25) is 5.89 Å². The lowest BCUT2D eigenvalue weighted by Gasteiger charge is -2.25. The number of benzene rings is 6. The summed E-state index contributed by atoms with van der Waals surface area (Å²) in [5, 5.41) is 2.44. The van der Waals surface area contributed by atoms with Gasteiger partial charge >= 0.3 is 0 Å². The molecule has 0 radical (unpaired) electrons. The zero-order valence-corrected chi connectivity index (χ0v) is 22.2. The molecule has 8 aromatic rings. The zero-order valence-electron chi connectivity index (χ0n) is 22.2. The Morgan fingerprint density at radius 2 is 1.15 bits per heavy atom. The molecule has 2 aromatic heterocycles. The van der Waals surface area contributed by atoms with E-state index in [2.05, 4.69) is 142 Å². The van der Waals surface area contributed by atoms with E-state index in [1.54, 1.807) is 0 Å². The number of anilines is 3. The van der Waals surface area contributed by atoms with Crippen molar-refractivity contribution in [2.45, 2.75) is 0 Å². The van der Waals surface area contributed by atoms with Crippen LogP contribution in [0.4, 0.5) is 17.1 Å². The summed E-state index contributed by atoms with van der Waals surface area (Å²) in [6.07, 6.45) is 0. The average molecular weight is 528 g/mol. The molecule has 0 spiro atoms. The predicted molar refractivity (Wildman–Crippen MR) is 168 cm³/mol. The molecule has 0 aliphatic rings. The smallest absolute Gasteiger partial charge is 0.227 e. The molecule has 8 rings (SSSR count). The minimum Gasteiger partial charge on any atom is -0.436 e. The molecule has 6 aromatic carbocycles. The summed E-state index contributed by atoms with van der Waals surface area (Å²) in [6, 6.07) is 52.7. The van der Waals surface area contributed by atoms with Gasteiger partial charge in [-0.1, -0.05) is 66.7 Å². The van der Waals surface area contributed by atoms with Gasteiger partial charge < -0.3 is 13.9 Å². The molecule has 2 heterocycles. The minimum absolute atomic E-state index is 0.624. The zero-order chi connectivity index (χ0) is 27.2. The van der Waals surface area contributed by atoms with Crippen molar-refractivity contribution in [1.82, 2.24) is 9.55 Å². The molecule has 4 heteroatoms. The minimum atomic E-state index is 0.624. The van der Waals surface area contributed by atoms with Crippen molar-refractivity contribution in [1.29, 1.82) is 0 Å². The maximum atomic E-state index is 6.02. The molecule has 41 heavy (non-hydrogen) atoms. The number of fused-ring (bicyclic) bond motifs is 4. The number of nitrogens with zero attached hydrogens (tertiary/aromatic N) is 3. The third kappa shape index (κ3) is 3.97. The number of oxazole rings is 1. The van der Waals surface area contributed by atoms with Crippen LogP contribution in [0, 0.1) is 0 Å². The summed E-state index contributed by atoms with van der Waals surface area (Å²) < 4.78 is 8.37. The van der Waals surface area contributed by atoms with Gasteiger partial charge in [0.25, 0.3) is 0 Å². The molecule has 0 fully saturated rings. The van der Waals surface area contributed by atoms with Crippen LogP contribution in [0.1, 0.15) is 0 Å². The number of rotatable bonds is 5. The highest BCUT2D eigenvalue weighted by Crippen LogP contribution is 2.40. The third-order valence-corrected chi connectivity index (χ3v) is 7.61. The van der Waals surface area contributed by atoms with Crippen LogP contribution in [0.3, 0.4) is 0 Å². The summed E-state index contributed by atoms with van der Waals surface area (Å²) >= 11 is 0. The van der Waals surface area contributed by atoms with Crippen LogP contribution in [-0.2, 0) is 0 Å². The highest BCUT2D eigenvalue weighted by Gasteiger charge is 2.17. The van der Waals surface area contributed by atoms with E-state index in [1.807, 2.05) is 24.3 Å². The SMILES string of the molecule is c1ccc(N(c2ccc(-c3nc4ccccc4o3)cc2)c2ccc3c(c2)c2ccccc2n3-c2ccccc2)cc1. The van der Waals surface area contributed by atoms with Gasteiger partial charge in [-0.2, -0.15) is 0 Å². The molecule has 0 aliphatic heterocycles. The van der Waals surface area contributed by atoms with E-state index in [4.69, 9.17) is 4.42 Å². The Kier molecular flexibility index (Phi) is 5.42. The van der Waals surface area contributed by atoms with Gasteiger partial charge in [-0.3, -0.25) is 0 Å². The van der Waals surface area contributed by atoms with Gasteiger partial charge in [0.1, 0.15) is 5.52 Å². The topological polar surface area (TPSA) is 34.2 Å². The molecule has 0 saturated carbocycles. The lowest BCUT2D eigenvalue weighted by molar-refractivity contribution is 0.620. The average Bonchev–Trinajstić information content (AvgIpc) is 3.62. The van der Waals surface area contributed by atoms with E-state index in [9.17, 15) is 0 Å². The highest BCUT2D eigenvalue weighted by molar-refractivity contribution is 6.10. The Bertz CT molecular complexity index is 2110. The van der Waals surface area contributed by atoms with E-state index < -0.39 is 0 Å². The molecular weight excluding hydrogens is 502 g/mol. The summed E-state index contributed by atoms with van der Waals surface area (Å²) in [7, 11) is 0. The molecular formula is C37H25N3O. The van der Waals surface area contributed by atoms with Crippen LogP contribution in [0.25, 0.3) is 50.0 Å². The van der Waals surface area contributed by atoms with E-state index in [0.717, 1.165) is 39.4 Å². The molecule has 0 atom stereocenters. The summed E-state index contributed by atoms with van der Waals surface area (Å²) in [5.41, 5.74) is 9.37. The number of hydrogen-bond acceptors (Lipinski definition) is 3. The van der Waals surface area contributed by atoms with Gasteiger partial charge in [0.15, 0.2) is 5.58 Å². The van der Waals surface area contributed by atoms with Crippen LogP contribution in [-0.4, -0.2) is 9.55 Å². The number of hydrogen-bond donors (Lipinski definition) is 0. The Morgan fingerprint density at radius 1 is 0.512 bits per heavy atom. The third-order valence-electron chi connectivity index (χ3n) is 7.61. The molecule has 4 nitrogen and oxygen atoms in total. The fourth-order valence-electron chi connectivity index (χ4n) is 5.73. The molecule has 0 bridgehead atoms. The second-order valence-electron chi connectivity index (χ2n) is 10.1. The predicted octanol–water partition coefficient (Wildman–Crippen LogP) is 10.1. The first-order valence-electron chi connectivity index (χ1n) is 13.7. The maximum absolute atomic E-state index is 6.02. The fourth-order valence-corrected chi connectivity index (χ4v) is 5.73. The van der Waals surface area contributed by atoms with Crippen LogP contribution in [0.15, 0.2) is 156 Å². The van der Waals surface area contributed by atoms with Crippen LogP contribution in [0.5, 0.6) is 0 Å². The first-order valence-corrected chi connectivity index (χ1v) is 13.7. The van der Waals surface area contributed by atoms with Gasteiger partial charge in [-0.05, 0) is 84.9 Å². The first kappa shape index (κ1) is 23.3. The van der Waals surface area contributed by atoms with Crippen molar-refractivity contribution in [2.75, 3.05) is 4.90 Å². The summed E-state index contributed by atoms with van der Waals surface area (Å²) in [4.78, 5) is 6.98. The van der Waals surface area contributed by atoms with E-state index in [-0.39, 0.29) is 0 Å². The van der Waals surface area contributed by atoms with Gasteiger partial charge in [-0.15, -0.1) is 0 Å². The highest BCUT2D eigenvalue weighted by atomic mass is 16.3. The molecule has 0 saturated heterocycles. The van der Waals surface area contributed by atoms with E-state index >= 15 is 0 Å². The maximum Gasteiger partial charge on any atom is 0.227 e.